The van der Waals surface area contributed by atoms with E-state index in [9.17, 15) is 14.0 Å². The van der Waals surface area contributed by atoms with E-state index in [2.05, 4.69) is 25.7 Å². The van der Waals surface area contributed by atoms with E-state index in [-0.39, 0.29) is 41.5 Å². The number of fused-ring (bicyclic) bond motifs is 1. The summed E-state index contributed by atoms with van der Waals surface area (Å²) in [6.45, 7) is 2.40. The Balaban J connectivity index is 1.46. The van der Waals surface area contributed by atoms with Crippen LogP contribution in [0.4, 0.5) is 4.39 Å². The quantitative estimate of drug-likeness (QED) is 0.537. The first kappa shape index (κ1) is 21.8. The maximum atomic E-state index is 13.4. The van der Waals surface area contributed by atoms with Crippen molar-refractivity contribution in [2.75, 3.05) is 6.54 Å². The number of benzene rings is 1. The molecule has 1 aliphatic rings. The summed E-state index contributed by atoms with van der Waals surface area (Å²) in [5.74, 6) is -0.572. The number of aromatic nitrogens is 4. The summed E-state index contributed by atoms with van der Waals surface area (Å²) < 4.78 is 14.8. The van der Waals surface area contributed by atoms with E-state index in [1.807, 2.05) is 0 Å². The predicted octanol–water partition coefficient (Wildman–Crippen LogP) is 1.75. The molecule has 0 atom stereocenters. The SMILES string of the molecule is Cc1cc(CNC(=O)c2cc(C(=O)NCC3CCC(N)CC3)n3ncnc3n2)ccc1F. The number of halogens is 1. The molecule has 168 valence electrons. The van der Waals surface area contributed by atoms with Gasteiger partial charge in [-0.2, -0.15) is 14.6 Å². The maximum absolute atomic E-state index is 13.4. The van der Waals surface area contributed by atoms with Gasteiger partial charge in [0.15, 0.2) is 0 Å². The van der Waals surface area contributed by atoms with Crippen LogP contribution < -0.4 is 16.4 Å². The van der Waals surface area contributed by atoms with Gasteiger partial charge < -0.3 is 16.4 Å². The number of nitrogens with two attached hydrogens (primary N) is 1. The molecular formula is C22H26FN7O2. The lowest BCUT2D eigenvalue weighted by Crippen LogP contribution is -2.35. The molecule has 0 unspecified atom stereocenters. The molecule has 32 heavy (non-hydrogen) atoms. The van der Waals surface area contributed by atoms with Crippen LogP contribution in [0.2, 0.25) is 0 Å². The number of hydrogen-bond donors (Lipinski definition) is 3. The van der Waals surface area contributed by atoms with Crippen molar-refractivity contribution >= 4 is 17.6 Å². The van der Waals surface area contributed by atoms with Gasteiger partial charge in [-0.3, -0.25) is 9.59 Å². The fourth-order valence-corrected chi connectivity index (χ4v) is 3.90. The molecule has 0 bridgehead atoms. The molecule has 0 saturated heterocycles. The molecular weight excluding hydrogens is 413 g/mol. The Kier molecular flexibility index (Phi) is 6.40. The molecule has 9 nitrogen and oxygen atoms in total. The smallest absolute Gasteiger partial charge is 0.270 e. The zero-order valence-corrected chi connectivity index (χ0v) is 17.8. The van der Waals surface area contributed by atoms with Gasteiger partial charge in [0.2, 0.25) is 0 Å². The van der Waals surface area contributed by atoms with Crippen molar-refractivity contribution in [1.82, 2.24) is 30.2 Å². The first-order valence-corrected chi connectivity index (χ1v) is 10.7. The van der Waals surface area contributed by atoms with Gasteiger partial charge in [-0.1, -0.05) is 12.1 Å². The molecule has 1 aliphatic carbocycles. The lowest BCUT2D eigenvalue weighted by Gasteiger charge is -2.26. The molecule has 10 heteroatoms. The zero-order valence-electron chi connectivity index (χ0n) is 17.8. The minimum Gasteiger partial charge on any atom is -0.350 e. The average molecular weight is 439 g/mol. The number of nitrogens with zero attached hydrogens (tertiary/aromatic N) is 4. The topological polar surface area (TPSA) is 127 Å². The van der Waals surface area contributed by atoms with Crippen molar-refractivity contribution in [3.05, 3.63) is 58.9 Å². The molecule has 0 radical (unpaired) electrons. The third-order valence-corrected chi connectivity index (χ3v) is 5.84. The van der Waals surface area contributed by atoms with E-state index >= 15 is 0 Å². The summed E-state index contributed by atoms with van der Waals surface area (Å²) in [6.07, 6.45) is 5.16. The summed E-state index contributed by atoms with van der Waals surface area (Å²) >= 11 is 0. The Morgan fingerprint density at radius 3 is 2.69 bits per heavy atom. The molecule has 2 amide bonds. The summed E-state index contributed by atoms with van der Waals surface area (Å²) in [6, 6.07) is 6.28. The Labute approximate surface area is 184 Å². The van der Waals surface area contributed by atoms with Crippen LogP contribution in [0.25, 0.3) is 5.78 Å². The number of rotatable bonds is 6. The number of amides is 2. The molecule has 2 aromatic heterocycles. The number of carbonyl (C=O) groups is 2. The van der Waals surface area contributed by atoms with Crippen molar-refractivity contribution in [3.63, 3.8) is 0 Å². The van der Waals surface area contributed by atoms with Crippen molar-refractivity contribution in [2.45, 2.75) is 45.2 Å². The fourth-order valence-electron chi connectivity index (χ4n) is 3.90. The second kappa shape index (κ2) is 9.39. The molecule has 4 N–H and O–H groups in total. The van der Waals surface area contributed by atoms with Crippen molar-refractivity contribution in [1.29, 1.82) is 0 Å². The Morgan fingerprint density at radius 1 is 1.16 bits per heavy atom. The number of carbonyl (C=O) groups excluding carboxylic acids is 2. The highest BCUT2D eigenvalue weighted by atomic mass is 19.1. The molecule has 1 fully saturated rings. The molecule has 4 rings (SSSR count). The predicted molar refractivity (Wildman–Crippen MR) is 115 cm³/mol. The van der Waals surface area contributed by atoms with Crippen LogP contribution in [0, 0.1) is 18.7 Å². The van der Waals surface area contributed by atoms with Gasteiger partial charge >= 0.3 is 0 Å². The average Bonchev–Trinajstić information content (AvgIpc) is 3.27. The van der Waals surface area contributed by atoms with Crippen molar-refractivity contribution < 1.29 is 14.0 Å². The van der Waals surface area contributed by atoms with Crippen LogP contribution in [0.5, 0.6) is 0 Å². The van der Waals surface area contributed by atoms with Crippen LogP contribution in [-0.2, 0) is 6.54 Å². The van der Waals surface area contributed by atoms with Crippen LogP contribution in [0.3, 0.4) is 0 Å². The molecule has 1 aromatic carbocycles. The van der Waals surface area contributed by atoms with Gasteiger partial charge in [0.25, 0.3) is 17.6 Å². The lowest BCUT2D eigenvalue weighted by atomic mass is 9.86. The van der Waals surface area contributed by atoms with Crippen LogP contribution in [-0.4, -0.2) is 44.0 Å². The second-order valence-electron chi connectivity index (χ2n) is 8.26. The number of aryl methyl sites for hydroxylation is 1. The number of nitrogens with one attached hydrogen (secondary N) is 2. The van der Waals surface area contributed by atoms with E-state index in [1.165, 1.54) is 23.0 Å². The van der Waals surface area contributed by atoms with Gasteiger partial charge in [0.1, 0.15) is 23.5 Å². The largest absolute Gasteiger partial charge is 0.350 e. The summed E-state index contributed by atoms with van der Waals surface area (Å²) in [7, 11) is 0. The van der Waals surface area contributed by atoms with Crippen molar-refractivity contribution in [2.24, 2.45) is 11.7 Å². The van der Waals surface area contributed by atoms with E-state index in [4.69, 9.17) is 5.73 Å². The fraction of sp³-hybridized carbons (Fsp3) is 0.409. The standard InChI is InChI=1S/C22H26FN7O2/c1-13-8-15(4-7-17(13)23)11-25-20(31)18-9-19(30-22(29-18)27-12-28-30)21(32)26-10-14-2-5-16(24)6-3-14/h4,7-9,12,14,16H,2-3,5-6,10-11,24H2,1H3,(H,25,31)(H,26,32). The molecule has 0 spiro atoms. The molecule has 2 heterocycles. The normalized spacial score (nSPS) is 18.5. The monoisotopic (exact) mass is 439 g/mol. The highest BCUT2D eigenvalue weighted by Gasteiger charge is 2.22. The zero-order chi connectivity index (χ0) is 22.7. The molecule has 1 saturated carbocycles. The van der Waals surface area contributed by atoms with E-state index in [1.54, 1.807) is 19.1 Å². The lowest BCUT2D eigenvalue weighted by molar-refractivity contribution is 0.0935. The Hall–Kier alpha value is -3.40. The highest BCUT2D eigenvalue weighted by molar-refractivity contribution is 5.98. The first-order valence-electron chi connectivity index (χ1n) is 10.7. The van der Waals surface area contributed by atoms with E-state index < -0.39 is 5.91 Å². The van der Waals surface area contributed by atoms with Gasteiger partial charge in [-0.25, -0.2) is 9.37 Å². The van der Waals surface area contributed by atoms with E-state index in [0.717, 1.165) is 31.2 Å². The second-order valence-corrected chi connectivity index (χ2v) is 8.26. The van der Waals surface area contributed by atoms with Gasteiger partial charge in [0.05, 0.1) is 0 Å². The minimum atomic E-state index is -0.465. The number of hydrogen-bond acceptors (Lipinski definition) is 6. The summed E-state index contributed by atoms with van der Waals surface area (Å²) in [4.78, 5) is 33.8. The maximum Gasteiger partial charge on any atom is 0.270 e. The summed E-state index contributed by atoms with van der Waals surface area (Å²) in [5.41, 5.74) is 7.44. The molecule has 0 aliphatic heterocycles. The highest BCUT2D eigenvalue weighted by Crippen LogP contribution is 2.22. The first-order chi connectivity index (χ1) is 15.4. The van der Waals surface area contributed by atoms with Crippen LogP contribution in [0.1, 0.15) is 57.8 Å². The van der Waals surface area contributed by atoms with Gasteiger partial charge in [0, 0.05) is 25.2 Å². The van der Waals surface area contributed by atoms with Crippen molar-refractivity contribution in [3.8, 4) is 0 Å². The summed E-state index contributed by atoms with van der Waals surface area (Å²) in [5, 5.41) is 9.74. The third-order valence-electron chi connectivity index (χ3n) is 5.84. The van der Waals surface area contributed by atoms with Crippen LogP contribution >= 0.6 is 0 Å². The molecule has 3 aromatic rings. The van der Waals surface area contributed by atoms with Gasteiger partial charge in [-0.05, 0) is 55.7 Å². The third kappa shape index (κ3) is 4.91. The Morgan fingerprint density at radius 2 is 1.94 bits per heavy atom. The van der Waals surface area contributed by atoms with Crippen LogP contribution in [0.15, 0.2) is 30.6 Å². The van der Waals surface area contributed by atoms with Gasteiger partial charge in [-0.15, -0.1) is 0 Å². The van der Waals surface area contributed by atoms with E-state index in [0.29, 0.717) is 18.0 Å². The minimum absolute atomic E-state index is 0.0538. The Bertz CT molecular complexity index is 1140.